The minimum absolute atomic E-state index is 0.0533. The Kier molecular flexibility index (Phi) is 5.71. The minimum Gasteiger partial charge on any atom is -0.321 e. The highest BCUT2D eigenvalue weighted by atomic mass is 15.5. The van der Waals surface area contributed by atoms with Crippen LogP contribution in [-0.4, -0.2) is 40.4 Å². The fraction of sp³-hybridized carbons (Fsp3) is 0.231. The molecule has 0 aliphatic rings. The van der Waals surface area contributed by atoms with E-state index in [4.69, 9.17) is 4.98 Å². The molecule has 0 amide bonds. The molecular weight excluding hydrogens is 452 g/mol. The molecule has 0 atom stereocenters. The third-order valence-corrected chi connectivity index (χ3v) is 5.76. The molecule has 176 valence electrons. The average Bonchev–Trinajstić information content (AvgIpc) is 3.52. The zero-order valence-corrected chi connectivity index (χ0v) is 20.1. The molecule has 3 aromatic heterocycles. The second kappa shape index (κ2) is 9.01. The lowest BCUT2D eigenvalue weighted by atomic mass is 9.92. The molecule has 0 fully saturated rings. The van der Waals surface area contributed by atoms with Crippen molar-refractivity contribution in [3.05, 3.63) is 71.3 Å². The lowest BCUT2D eigenvalue weighted by Crippen LogP contribution is -2.15. The number of nitriles is 2. The Hall–Kier alpha value is -4.96. The van der Waals surface area contributed by atoms with Crippen LogP contribution in [0.5, 0.6) is 0 Å². The second-order valence-electron chi connectivity index (χ2n) is 9.65. The van der Waals surface area contributed by atoms with Crippen LogP contribution in [0.1, 0.15) is 43.5 Å². The van der Waals surface area contributed by atoms with E-state index in [1.807, 2.05) is 53.1 Å². The van der Waals surface area contributed by atoms with Gasteiger partial charge in [-0.1, -0.05) is 69.3 Å². The summed E-state index contributed by atoms with van der Waals surface area (Å²) in [6, 6.07) is 20.2. The van der Waals surface area contributed by atoms with E-state index in [0.717, 1.165) is 28.1 Å². The Bertz CT molecular complexity index is 1630. The fourth-order valence-corrected chi connectivity index (χ4v) is 4.21. The lowest BCUT2D eigenvalue weighted by molar-refractivity contribution is 0.394. The number of nitrogens with one attached hydrogen (secondary N) is 1. The fourth-order valence-electron chi connectivity index (χ4n) is 4.21. The summed E-state index contributed by atoms with van der Waals surface area (Å²) in [5.41, 5.74) is 5.07. The van der Waals surface area contributed by atoms with E-state index in [-0.39, 0.29) is 16.8 Å². The molecule has 5 aromatic rings. The zero-order valence-electron chi connectivity index (χ0n) is 20.1. The van der Waals surface area contributed by atoms with E-state index in [2.05, 4.69) is 63.7 Å². The van der Waals surface area contributed by atoms with Gasteiger partial charge in [0.1, 0.15) is 29.0 Å². The van der Waals surface area contributed by atoms with Gasteiger partial charge in [0.2, 0.25) is 5.82 Å². The second-order valence-corrected chi connectivity index (χ2v) is 9.65. The molecule has 10 nitrogen and oxygen atoms in total. The Balaban J connectivity index is 1.57. The van der Waals surface area contributed by atoms with Crippen LogP contribution in [0.3, 0.4) is 0 Å². The normalized spacial score (nSPS) is 11.4. The van der Waals surface area contributed by atoms with E-state index in [1.54, 1.807) is 0 Å². The van der Waals surface area contributed by atoms with Gasteiger partial charge in [-0.15, -0.1) is 20.4 Å². The van der Waals surface area contributed by atoms with Gasteiger partial charge in [-0.25, -0.2) is 4.98 Å². The van der Waals surface area contributed by atoms with Crippen molar-refractivity contribution in [2.45, 2.75) is 33.7 Å². The summed E-state index contributed by atoms with van der Waals surface area (Å²) in [6.45, 7) is 6.85. The number of aromatic nitrogens is 8. The number of hydrogen-bond acceptors (Lipinski definition) is 8. The van der Waals surface area contributed by atoms with Crippen LogP contribution in [0, 0.1) is 28.1 Å². The zero-order chi connectivity index (χ0) is 25.3. The highest BCUT2D eigenvalue weighted by molar-refractivity contribution is 5.84. The molecule has 0 spiro atoms. The Morgan fingerprint density at radius 1 is 0.889 bits per heavy atom. The van der Waals surface area contributed by atoms with E-state index in [1.165, 1.54) is 0 Å². The Morgan fingerprint density at radius 3 is 2.22 bits per heavy atom. The van der Waals surface area contributed by atoms with Crippen LogP contribution in [0.25, 0.3) is 33.5 Å². The Morgan fingerprint density at radius 2 is 1.58 bits per heavy atom. The predicted octanol–water partition coefficient (Wildman–Crippen LogP) is 4.05. The van der Waals surface area contributed by atoms with Crippen molar-refractivity contribution < 1.29 is 0 Å². The van der Waals surface area contributed by atoms with Gasteiger partial charge in [-0.05, 0) is 27.3 Å². The Labute approximate surface area is 207 Å². The van der Waals surface area contributed by atoms with Gasteiger partial charge in [-0.3, -0.25) is 0 Å². The molecule has 1 N–H and O–H groups in total. The molecule has 2 aromatic carbocycles. The summed E-state index contributed by atoms with van der Waals surface area (Å²) in [4.78, 5) is 4.74. The summed E-state index contributed by atoms with van der Waals surface area (Å²) in [6.07, 6.45) is 0.660. The molecule has 0 aliphatic carbocycles. The molecule has 0 bridgehead atoms. The van der Waals surface area contributed by atoms with Crippen molar-refractivity contribution in [3.63, 3.8) is 0 Å². The molecule has 0 radical (unpaired) electrons. The number of tetrazole rings is 1. The first-order valence-corrected chi connectivity index (χ1v) is 11.4. The summed E-state index contributed by atoms with van der Waals surface area (Å²) >= 11 is 0. The van der Waals surface area contributed by atoms with Crippen molar-refractivity contribution in [2.75, 3.05) is 0 Å². The summed E-state index contributed by atoms with van der Waals surface area (Å²) in [5, 5.41) is 41.6. The van der Waals surface area contributed by atoms with E-state index in [9.17, 15) is 10.5 Å². The summed E-state index contributed by atoms with van der Waals surface area (Å²) in [7, 11) is 0. The third kappa shape index (κ3) is 4.28. The SMILES string of the molecule is CC(C)(C)Cc1nc2c(C#N)nnc(C#N)c2n1Cc1ccc(-c2ccccc2-c2nn[nH]n2)cc1. The lowest BCUT2D eigenvalue weighted by Gasteiger charge is -2.19. The number of fused-ring (bicyclic) bond motifs is 1. The number of H-pyrrole nitrogens is 1. The number of imidazole rings is 1. The van der Waals surface area contributed by atoms with Gasteiger partial charge in [0.05, 0.1) is 0 Å². The van der Waals surface area contributed by atoms with Gasteiger partial charge in [0, 0.05) is 18.5 Å². The standard InChI is InChI=1S/C26H22N10/c1-26(2,3)12-22-29-23-20(13-27)30-31-21(14-28)24(23)36(22)15-16-8-10-17(11-9-16)18-6-4-5-7-19(18)25-32-34-35-33-25/h4-11H,12,15H2,1-3H3,(H,32,33,34,35). The predicted molar refractivity (Wildman–Crippen MR) is 132 cm³/mol. The summed E-state index contributed by atoms with van der Waals surface area (Å²) in [5.74, 6) is 1.32. The first-order valence-electron chi connectivity index (χ1n) is 11.4. The minimum atomic E-state index is -0.0533. The van der Waals surface area contributed by atoms with Gasteiger partial charge >= 0.3 is 0 Å². The topological polar surface area (TPSA) is 146 Å². The van der Waals surface area contributed by atoms with Crippen LogP contribution >= 0.6 is 0 Å². The molecule has 3 heterocycles. The van der Waals surface area contributed by atoms with Gasteiger partial charge in [-0.2, -0.15) is 15.7 Å². The van der Waals surface area contributed by atoms with Crippen LogP contribution in [-0.2, 0) is 13.0 Å². The highest BCUT2D eigenvalue weighted by Crippen LogP contribution is 2.31. The van der Waals surface area contributed by atoms with E-state index in [0.29, 0.717) is 29.8 Å². The molecule has 0 saturated carbocycles. The van der Waals surface area contributed by atoms with Crippen molar-refractivity contribution in [1.82, 2.24) is 40.4 Å². The maximum absolute atomic E-state index is 9.70. The van der Waals surface area contributed by atoms with Gasteiger partial charge in [0.25, 0.3) is 0 Å². The van der Waals surface area contributed by atoms with Crippen molar-refractivity contribution in [3.8, 4) is 34.7 Å². The first-order chi connectivity index (χ1) is 17.4. The summed E-state index contributed by atoms with van der Waals surface area (Å²) < 4.78 is 1.98. The van der Waals surface area contributed by atoms with E-state index < -0.39 is 0 Å². The molecule has 5 rings (SSSR count). The monoisotopic (exact) mass is 474 g/mol. The third-order valence-electron chi connectivity index (χ3n) is 5.76. The molecule has 0 unspecified atom stereocenters. The van der Waals surface area contributed by atoms with Crippen LogP contribution in [0.2, 0.25) is 0 Å². The van der Waals surface area contributed by atoms with E-state index >= 15 is 0 Å². The maximum atomic E-state index is 9.70. The molecule has 10 heteroatoms. The number of aromatic amines is 1. The van der Waals surface area contributed by atoms with Gasteiger partial charge < -0.3 is 4.57 Å². The number of benzene rings is 2. The van der Waals surface area contributed by atoms with Crippen LogP contribution in [0.4, 0.5) is 0 Å². The largest absolute Gasteiger partial charge is 0.321 e. The highest BCUT2D eigenvalue weighted by Gasteiger charge is 2.23. The van der Waals surface area contributed by atoms with Crippen molar-refractivity contribution in [1.29, 1.82) is 10.5 Å². The maximum Gasteiger partial charge on any atom is 0.205 e. The average molecular weight is 475 g/mol. The number of rotatable bonds is 5. The molecule has 0 saturated heterocycles. The number of nitrogens with zero attached hydrogens (tertiary/aromatic N) is 9. The molecule has 36 heavy (non-hydrogen) atoms. The van der Waals surface area contributed by atoms with Gasteiger partial charge in [0.15, 0.2) is 11.4 Å². The smallest absolute Gasteiger partial charge is 0.205 e. The molecular formula is C26H22N10. The first kappa shape index (κ1) is 22.8. The van der Waals surface area contributed by atoms with Crippen molar-refractivity contribution in [2.24, 2.45) is 5.41 Å². The van der Waals surface area contributed by atoms with Crippen LogP contribution < -0.4 is 0 Å². The van der Waals surface area contributed by atoms with Crippen LogP contribution in [0.15, 0.2) is 48.5 Å². The van der Waals surface area contributed by atoms with Crippen molar-refractivity contribution >= 4 is 11.0 Å². The number of hydrogen-bond donors (Lipinski definition) is 1. The molecule has 0 aliphatic heterocycles. The quantitative estimate of drug-likeness (QED) is 0.401.